The van der Waals surface area contributed by atoms with Crippen LogP contribution in [0.4, 0.5) is 5.69 Å². The number of hydrogen-bond donors (Lipinski definition) is 2. The lowest BCUT2D eigenvalue weighted by molar-refractivity contribution is -0.120. The van der Waals surface area contributed by atoms with Gasteiger partial charge in [0.1, 0.15) is 0 Å². The minimum atomic E-state index is -1.09. The van der Waals surface area contributed by atoms with Crippen LogP contribution in [0.15, 0.2) is 18.2 Å². The minimum Gasteiger partial charge on any atom is -0.478 e. The third kappa shape index (κ3) is 3.73. The fraction of sp³-hybridized carbons (Fsp3) is 0.467. The molecule has 20 heavy (non-hydrogen) atoms. The maximum Gasteiger partial charge on any atom is 0.337 e. The number of carboxylic acid groups (broad SMARTS) is 1. The van der Waals surface area contributed by atoms with Gasteiger partial charge in [0.25, 0.3) is 0 Å². The van der Waals surface area contributed by atoms with Crippen molar-refractivity contribution in [1.29, 1.82) is 0 Å². The van der Waals surface area contributed by atoms with Gasteiger partial charge in [-0.25, -0.2) is 4.79 Å². The number of carbonyl (C=O) groups is 2. The van der Waals surface area contributed by atoms with Crippen LogP contribution < -0.4 is 5.32 Å². The van der Waals surface area contributed by atoms with Gasteiger partial charge in [0.2, 0.25) is 5.91 Å². The molecule has 5 heteroatoms. The zero-order chi connectivity index (χ0) is 14.5. The maximum atomic E-state index is 12.2. The van der Waals surface area contributed by atoms with E-state index in [4.69, 9.17) is 16.7 Å². The van der Waals surface area contributed by atoms with Crippen LogP contribution in [0.1, 0.15) is 48.9 Å². The number of rotatable bonds is 3. The van der Waals surface area contributed by atoms with Crippen molar-refractivity contribution in [2.75, 3.05) is 5.32 Å². The topological polar surface area (TPSA) is 66.4 Å². The highest BCUT2D eigenvalue weighted by Crippen LogP contribution is 2.26. The summed E-state index contributed by atoms with van der Waals surface area (Å²) in [5.74, 6) is -1.20. The lowest BCUT2D eigenvalue weighted by Gasteiger charge is -2.15. The van der Waals surface area contributed by atoms with Crippen LogP contribution in [0.3, 0.4) is 0 Å². The number of halogens is 1. The Morgan fingerprint density at radius 3 is 2.40 bits per heavy atom. The van der Waals surface area contributed by atoms with Crippen LogP contribution in [-0.4, -0.2) is 17.0 Å². The number of carbonyl (C=O) groups excluding carboxylic acids is 1. The lowest BCUT2D eigenvalue weighted by Crippen LogP contribution is -2.23. The number of nitrogens with one attached hydrogen (secondary N) is 1. The Balaban J connectivity index is 2.12. The predicted octanol–water partition coefficient (Wildman–Crippen LogP) is 3.95. The average molecular weight is 296 g/mol. The minimum absolute atomic E-state index is 0.0187. The van der Waals surface area contributed by atoms with Gasteiger partial charge in [0, 0.05) is 10.9 Å². The van der Waals surface area contributed by atoms with E-state index in [1.54, 1.807) is 12.1 Å². The fourth-order valence-electron chi connectivity index (χ4n) is 2.58. The second kappa shape index (κ2) is 6.75. The first-order valence-electron chi connectivity index (χ1n) is 6.91. The van der Waals surface area contributed by atoms with E-state index in [-0.39, 0.29) is 17.4 Å². The number of carboxylic acids is 1. The summed E-state index contributed by atoms with van der Waals surface area (Å²) in [5.41, 5.74) is 0.343. The zero-order valence-corrected chi connectivity index (χ0v) is 11.9. The summed E-state index contributed by atoms with van der Waals surface area (Å²) in [6, 6.07) is 4.48. The van der Waals surface area contributed by atoms with Gasteiger partial charge in [0.15, 0.2) is 0 Å². The lowest BCUT2D eigenvalue weighted by atomic mass is 9.99. The summed E-state index contributed by atoms with van der Waals surface area (Å²) >= 11 is 5.79. The Kier molecular flexibility index (Phi) is 5.01. The number of amides is 1. The highest BCUT2D eigenvalue weighted by Gasteiger charge is 2.21. The van der Waals surface area contributed by atoms with Crippen LogP contribution in [-0.2, 0) is 4.79 Å². The molecular formula is C15H18ClNO3. The van der Waals surface area contributed by atoms with Crippen molar-refractivity contribution in [3.05, 3.63) is 28.8 Å². The Labute approximate surface area is 123 Å². The van der Waals surface area contributed by atoms with Crippen molar-refractivity contribution in [3.8, 4) is 0 Å². The second-order valence-corrected chi connectivity index (χ2v) is 5.61. The van der Waals surface area contributed by atoms with Crippen molar-refractivity contribution in [1.82, 2.24) is 0 Å². The van der Waals surface area contributed by atoms with E-state index in [1.165, 1.54) is 18.9 Å². The number of benzene rings is 1. The molecule has 1 aromatic rings. The molecule has 0 saturated heterocycles. The molecule has 2 rings (SSSR count). The van der Waals surface area contributed by atoms with Gasteiger partial charge in [-0.1, -0.05) is 37.3 Å². The molecule has 0 radical (unpaired) electrons. The van der Waals surface area contributed by atoms with Crippen molar-refractivity contribution in [2.24, 2.45) is 5.92 Å². The van der Waals surface area contributed by atoms with E-state index in [0.29, 0.717) is 10.7 Å². The molecule has 0 aliphatic heterocycles. The van der Waals surface area contributed by atoms with E-state index in [9.17, 15) is 9.59 Å². The maximum absolute atomic E-state index is 12.2. The first-order valence-corrected chi connectivity index (χ1v) is 7.29. The Bertz CT molecular complexity index is 508. The Hall–Kier alpha value is -1.55. The molecule has 0 heterocycles. The summed E-state index contributed by atoms with van der Waals surface area (Å²) in [7, 11) is 0. The van der Waals surface area contributed by atoms with Gasteiger partial charge in [-0.3, -0.25) is 4.79 Å². The molecule has 1 aromatic carbocycles. The smallest absolute Gasteiger partial charge is 0.337 e. The molecule has 0 bridgehead atoms. The van der Waals surface area contributed by atoms with Gasteiger partial charge >= 0.3 is 5.97 Å². The normalized spacial score (nSPS) is 16.4. The highest BCUT2D eigenvalue weighted by molar-refractivity contribution is 6.31. The van der Waals surface area contributed by atoms with E-state index < -0.39 is 5.97 Å². The molecule has 1 saturated carbocycles. The summed E-state index contributed by atoms with van der Waals surface area (Å²) in [6.07, 6.45) is 6.22. The highest BCUT2D eigenvalue weighted by atomic mass is 35.5. The second-order valence-electron chi connectivity index (χ2n) is 5.17. The Morgan fingerprint density at radius 1 is 1.15 bits per heavy atom. The van der Waals surface area contributed by atoms with Crippen LogP contribution in [0.25, 0.3) is 0 Å². The number of aromatic carboxylic acids is 1. The number of anilines is 1. The van der Waals surface area contributed by atoms with E-state index in [2.05, 4.69) is 5.32 Å². The van der Waals surface area contributed by atoms with Crippen LogP contribution >= 0.6 is 11.6 Å². The molecule has 108 valence electrons. The zero-order valence-electron chi connectivity index (χ0n) is 11.2. The van der Waals surface area contributed by atoms with E-state index in [1.807, 2.05) is 0 Å². The molecule has 2 N–H and O–H groups in total. The van der Waals surface area contributed by atoms with E-state index >= 15 is 0 Å². The van der Waals surface area contributed by atoms with Gasteiger partial charge in [0.05, 0.1) is 11.3 Å². The molecule has 1 aliphatic rings. The van der Waals surface area contributed by atoms with E-state index in [0.717, 1.165) is 25.7 Å². The quantitative estimate of drug-likeness (QED) is 0.830. The first-order chi connectivity index (χ1) is 9.58. The van der Waals surface area contributed by atoms with Crippen LogP contribution in [0, 0.1) is 5.92 Å². The fourth-order valence-corrected chi connectivity index (χ4v) is 2.75. The first kappa shape index (κ1) is 14.9. The molecule has 1 fully saturated rings. The van der Waals surface area contributed by atoms with Crippen LogP contribution in [0.2, 0.25) is 5.02 Å². The molecule has 0 aromatic heterocycles. The SMILES string of the molecule is O=C(O)c1cc(Cl)ccc1NC(=O)C1CCCCCC1. The predicted molar refractivity (Wildman–Crippen MR) is 78.2 cm³/mol. The van der Waals surface area contributed by atoms with Crippen molar-refractivity contribution in [2.45, 2.75) is 38.5 Å². The molecule has 1 amide bonds. The van der Waals surface area contributed by atoms with Gasteiger partial charge < -0.3 is 10.4 Å². The van der Waals surface area contributed by atoms with Gasteiger partial charge in [-0.05, 0) is 31.0 Å². The number of hydrogen-bond acceptors (Lipinski definition) is 2. The third-order valence-electron chi connectivity index (χ3n) is 3.70. The standard InChI is InChI=1S/C15H18ClNO3/c16-11-7-8-13(12(9-11)15(19)20)17-14(18)10-5-3-1-2-4-6-10/h7-10H,1-6H2,(H,17,18)(H,19,20). The van der Waals surface area contributed by atoms with Crippen molar-refractivity contribution in [3.63, 3.8) is 0 Å². The third-order valence-corrected chi connectivity index (χ3v) is 3.93. The molecular weight excluding hydrogens is 278 g/mol. The molecule has 0 atom stereocenters. The largest absolute Gasteiger partial charge is 0.478 e. The van der Waals surface area contributed by atoms with Gasteiger partial charge in [-0.2, -0.15) is 0 Å². The summed E-state index contributed by atoms with van der Waals surface area (Å²) < 4.78 is 0. The van der Waals surface area contributed by atoms with Crippen molar-refractivity contribution < 1.29 is 14.7 Å². The summed E-state index contributed by atoms with van der Waals surface area (Å²) in [4.78, 5) is 23.4. The Morgan fingerprint density at radius 2 is 1.80 bits per heavy atom. The van der Waals surface area contributed by atoms with Crippen molar-refractivity contribution >= 4 is 29.2 Å². The molecule has 4 nitrogen and oxygen atoms in total. The average Bonchev–Trinajstić information content (AvgIpc) is 2.69. The summed E-state index contributed by atoms with van der Waals surface area (Å²) in [5, 5.41) is 12.2. The molecule has 1 aliphatic carbocycles. The monoisotopic (exact) mass is 295 g/mol. The summed E-state index contributed by atoms with van der Waals surface area (Å²) in [6.45, 7) is 0. The molecule has 0 spiro atoms. The van der Waals surface area contributed by atoms with Gasteiger partial charge in [-0.15, -0.1) is 0 Å². The molecule has 0 unspecified atom stereocenters. The van der Waals surface area contributed by atoms with Crippen LogP contribution in [0.5, 0.6) is 0 Å².